The van der Waals surface area contributed by atoms with E-state index in [1.807, 2.05) is 35.9 Å². The van der Waals surface area contributed by atoms with Gasteiger partial charge in [-0.05, 0) is 44.4 Å². The second-order valence-corrected chi connectivity index (χ2v) is 7.97. The van der Waals surface area contributed by atoms with Crippen molar-refractivity contribution in [3.8, 4) is 5.75 Å². The molecule has 2 heterocycles. The van der Waals surface area contributed by atoms with Gasteiger partial charge in [-0.3, -0.25) is 4.79 Å². The lowest BCUT2D eigenvalue weighted by Crippen LogP contribution is -2.27. The lowest BCUT2D eigenvalue weighted by Gasteiger charge is -2.28. The molecule has 1 aliphatic rings. The maximum atomic E-state index is 12.5. The topological polar surface area (TPSA) is 69.0 Å². The summed E-state index contributed by atoms with van der Waals surface area (Å²) < 4.78 is 7.71. The van der Waals surface area contributed by atoms with Gasteiger partial charge in [0.1, 0.15) is 11.8 Å². The quantitative estimate of drug-likeness (QED) is 0.480. The minimum absolute atomic E-state index is 0.0243. The van der Waals surface area contributed by atoms with E-state index in [2.05, 4.69) is 24.1 Å². The van der Waals surface area contributed by atoms with E-state index in [0.717, 1.165) is 47.2 Å². The summed E-state index contributed by atoms with van der Waals surface area (Å²) in [6.45, 7) is 8.48. The van der Waals surface area contributed by atoms with Gasteiger partial charge >= 0.3 is 0 Å². The zero-order valence-corrected chi connectivity index (χ0v) is 17.8. The number of carbonyl (C=O) groups excluding carboxylic acids is 1. The first-order valence-corrected chi connectivity index (χ1v) is 10.8. The molecular formula is C21H28N4O2S. The number of ketones is 1. The monoisotopic (exact) mass is 400 g/mol. The molecule has 6 nitrogen and oxygen atoms in total. The number of benzene rings is 1. The van der Waals surface area contributed by atoms with Crippen molar-refractivity contribution in [2.75, 3.05) is 17.7 Å². The highest BCUT2D eigenvalue weighted by molar-refractivity contribution is 7.99. The molecule has 1 unspecified atom stereocenters. The fraction of sp³-hybridized carbons (Fsp3) is 0.476. The summed E-state index contributed by atoms with van der Waals surface area (Å²) in [5.41, 5.74) is 2.50. The third-order valence-corrected chi connectivity index (χ3v) is 5.63. The van der Waals surface area contributed by atoms with Gasteiger partial charge in [0.25, 0.3) is 0 Å². The first-order valence-electron chi connectivity index (χ1n) is 9.86. The van der Waals surface area contributed by atoms with Crippen molar-refractivity contribution in [1.82, 2.24) is 14.8 Å². The third kappa shape index (κ3) is 4.41. The van der Waals surface area contributed by atoms with Crippen LogP contribution in [0.2, 0.25) is 0 Å². The first kappa shape index (κ1) is 20.5. The Bertz CT molecular complexity index is 875. The van der Waals surface area contributed by atoms with E-state index in [0.29, 0.717) is 18.1 Å². The normalized spacial score (nSPS) is 15.9. The van der Waals surface area contributed by atoms with Crippen molar-refractivity contribution >= 4 is 23.5 Å². The van der Waals surface area contributed by atoms with E-state index >= 15 is 0 Å². The Morgan fingerprint density at radius 3 is 2.86 bits per heavy atom. The molecular weight excluding hydrogens is 372 g/mol. The minimum atomic E-state index is -0.313. The Kier molecular flexibility index (Phi) is 6.78. The molecule has 0 spiro atoms. The van der Waals surface area contributed by atoms with Crippen molar-refractivity contribution < 1.29 is 9.53 Å². The maximum Gasteiger partial charge on any atom is 0.227 e. The molecule has 7 heteroatoms. The number of rotatable bonds is 9. The predicted molar refractivity (Wildman–Crippen MR) is 113 cm³/mol. The summed E-state index contributed by atoms with van der Waals surface area (Å²) >= 11 is 1.63. The van der Waals surface area contributed by atoms with Gasteiger partial charge in [0.15, 0.2) is 5.78 Å². The van der Waals surface area contributed by atoms with Crippen molar-refractivity contribution in [2.45, 2.75) is 58.2 Å². The lowest BCUT2D eigenvalue weighted by atomic mass is 9.93. The molecule has 0 radical (unpaired) electrons. The number of hydrogen-bond donors (Lipinski definition) is 1. The highest BCUT2D eigenvalue weighted by Gasteiger charge is 2.32. The van der Waals surface area contributed by atoms with Crippen LogP contribution in [0.5, 0.6) is 5.75 Å². The molecule has 1 aliphatic heterocycles. The van der Waals surface area contributed by atoms with Crippen LogP contribution < -0.4 is 10.1 Å². The van der Waals surface area contributed by atoms with Crippen LogP contribution >= 0.6 is 11.8 Å². The van der Waals surface area contributed by atoms with Crippen LogP contribution in [0.25, 0.3) is 0 Å². The Morgan fingerprint density at radius 2 is 2.14 bits per heavy atom. The number of thioether (sulfide) groups is 1. The second kappa shape index (κ2) is 9.28. The zero-order chi connectivity index (χ0) is 20.1. The molecule has 0 aliphatic carbocycles. The molecule has 28 heavy (non-hydrogen) atoms. The van der Waals surface area contributed by atoms with Crippen LogP contribution in [0, 0.1) is 0 Å². The van der Waals surface area contributed by atoms with Crippen LogP contribution in [0.4, 0.5) is 5.95 Å². The van der Waals surface area contributed by atoms with Gasteiger partial charge in [0, 0.05) is 17.0 Å². The van der Waals surface area contributed by atoms with E-state index < -0.39 is 0 Å². The Morgan fingerprint density at radius 1 is 1.32 bits per heavy atom. The third-order valence-electron chi connectivity index (χ3n) is 4.59. The van der Waals surface area contributed by atoms with Crippen molar-refractivity contribution in [3.63, 3.8) is 0 Å². The van der Waals surface area contributed by atoms with E-state index in [1.165, 1.54) is 0 Å². The molecule has 2 aromatic rings. The molecule has 1 aromatic heterocycles. The summed E-state index contributed by atoms with van der Waals surface area (Å²) in [5.74, 6) is 2.47. The van der Waals surface area contributed by atoms with Crippen LogP contribution in [-0.4, -0.2) is 32.9 Å². The Hall–Kier alpha value is -2.28. The SMILES string of the molecule is CCCCOc1cccc(C2C(C(C)=O)=C(C)Nc3nc(SCCC)nn32)c1. The van der Waals surface area contributed by atoms with E-state index in [4.69, 9.17) is 9.84 Å². The van der Waals surface area contributed by atoms with Gasteiger partial charge in [-0.25, -0.2) is 4.68 Å². The smallest absolute Gasteiger partial charge is 0.227 e. The number of unbranched alkanes of at least 4 members (excludes halogenated alkanes) is 1. The van der Waals surface area contributed by atoms with Crippen LogP contribution in [0.3, 0.4) is 0 Å². The summed E-state index contributed by atoms with van der Waals surface area (Å²) in [4.78, 5) is 17.1. The Labute approximate surface area is 170 Å². The van der Waals surface area contributed by atoms with Crippen LogP contribution in [-0.2, 0) is 4.79 Å². The molecule has 0 saturated heterocycles. The van der Waals surface area contributed by atoms with Gasteiger partial charge in [-0.2, -0.15) is 4.98 Å². The molecule has 0 saturated carbocycles. The van der Waals surface area contributed by atoms with Crippen molar-refractivity contribution in [3.05, 3.63) is 41.1 Å². The molecule has 0 bridgehead atoms. The number of allylic oxidation sites excluding steroid dienone is 2. The summed E-state index contributed by atoms with van der Waals surface area (Å²) in [6.07, 6.45) is 3.16. The van der Waals surface area contributed by atoms with Crippen molar-refractivity contribution in [1.29, 1.82) is 0 Å². The fourth-order valence-corrected chi connectivity index (χ4v) is 3.94. The number of carbonyl (C=O) groups is 1. The summed E-state index contributed by atoms with van der Waals surface area (Å²) in [5, 5.41) is 8.67. The molecule has 0 fully saturated rings. The number of fused-ring (bicyclic) bond motifs is 1. The van der Waals surface area contributed by atoms with E-state index in [9.17, 15) is 4.79 Å². The summed E-state index contributed by atoms with van der Waals surface area (Å²) in [7, 11) is 0. The number of nitrogens with one attached hydrogen (secondary N) is 1. The highest BCUT2D eigenvalue weighted by atomic mass is 32.2. The van der Waals surface area contributed by atoms with Gasteiger partial charge in [-0.1, -0.05) is 44.2 Å². The Balaban J connectivity index is 2.00. The van der Waals surface area contributed by atoms with Gasteiger partial charge < -0.3 is 10.1 Å². The number of aromatic nitrogens is 3. The van der Waals surface area contributed by atoms with Gasteiger partial charge in [0.05, 0.1) is 6.61 Å². The zero-order valence-electron chi connectivity index (χ0n) is 17.0. The molecule has 1 aromatic carbocycles. The predicted octanol–water partition coefficient (Wildman–Crippen LogP) is 4.84. The van der Waals surface area contributed by atoms with Gasteiger partial charge in [0.2, 0.25) is 11.1 Å². The number of Topliss-reactive ketones (excluding diaryl/α,β-unsaturated/α-hetero) is 1. The first-order chi connectivity index (χ1) is 13.5. The average Bonchev–Trinajstić information content (AvgIpc) is 3.07. The number of nitrogens with zero attached hydrogens (tertiary/aromatic N) is 3. The molecule has 0 amide bonds. The van der Waals surface area contributed by atoms with Crippen LogP contribution in [0.1, 0.15) is 58.6 Å². The van der Waals surface area contributed by atoms with E-state index in [1.54, 1.807) is 18.7 Å². The maximum absolute atomic E-state index is 12.5. The lowest BCUT2D eigenvalue weighted by molar-refractivity contribution is -0.114. The number of ether oxygens (including phenoxy) is 1. The number of anilines is 1. The largest absolute Gasteiger partial charge is 0.494 e. The van der Waals surface area contributed by atoms with Crippen molar-refractivity contribution in [2.24, 2.45) is 0 Å². The summed E-state index contributed by atoms with van der Waals surface area (Å²) in [6, 6.07) is 7.63. The van der Waals surface area contributed by atoms with Gasteiger partial charge in [-0.15, -0.1) is 5.10 Å². The average molecular weight is 401 g/mol. The molecule has 1 N–H and O–H groups in total. The molecule has 3 rings (SSSR count). The highest BCUT2D eigenvalue weighted by Crippen LogP contribution is 2.37. The number of hydrogen-bond acceptors (Lipinski definition) is 6. The standard InChI is InChI=1S/C21H28N4O2S/c1-5-7-11-27-17-10-8-9-16(13-17)19-18(15(4)26)14(3)22-20-23-21(24-25(19)20)28-12-6-2/h8-10,13,19H,5-7,11-12H2,1-4H3,(H,22,23,24). The molecule has 150 valence electrons. The minimum Gasteiger partial charge on any atom is -0.494 e. The fourth-order valence-electron chi connectivity index (χ4n) is 3.26. The molecule has 1 atom stereocenters. The second-order valence-electron chi connectivity index (χ2n) is 6.91. The van der Waals surface area contributed by atoms with E-state index in [-0.39, 0.29) is 11.8 Å². The van der Waals surface area contributed by atoms with Crippen LogP contribution in [0.15, 0.2) is 40.7 Å².